The summed E-state index contributed by atoms with van der Waals surface area (Å²) < 4.78 is 11.5. The number of amides is 4. The summed E-state index contributed by atoms with van der Waals surface area (Å²) in [4.78, 5) is 59.6. The Bertz CT molecular complexity index is 1260. The predicted molar refractivity (Wildman–Crippen MR) is 163 cm³/mol. The maximum atomic E-state index is 13.7. The number of rotatable bonds is 7. The molecule has 3 heterocycles. The van der Waals surface area contributed by atoms with E-state index < -0.39 is 29.9 Å². The van der Waals surface area contributed by atoms with Crippen LogP contribution in [0.15, 0.2) is 41.0 Å². The van der Waals surface area contributed by atoms with Gasteiger partial charge in [0.2, 0.25) is 23.6 Å². The van der Waals surface area contributed by atoms with E-state index in [1.165, 1.54) is 6.26 Å². The molecule has 5 atom stereocenters. The number of benzene rings is 1. The second-order valence-corrected chi connectivity index (χ2v) is 12.2. The molecule has 2 aromatic rings. The summed E-state index contributed by atoms with van der Waals surface area (Å²) in [5.41, 5.74) is 1.06. The van der Waals surface area contributed by atoms with E-state index >= 15 is 0 Å². The van der Waals surface area contributed by atoms with Gasteiger partial charge in [0.05, 0.1) is 12.2 Å². The molecule has 4 amide bonds. The van der Waals surface area contributed by atoms with Gasteiger partial charge in [0, 0.05) is 39.0 Å². The molecule has 0 radical (unpaired) electrons. The fraction of sp³-hybridized carbons (Fsp3) is 0.594. The molecule has 0 spiro atoms. The number of oxazole rings is 1. The Morgan fingerprint density at radius 3 is 2.48 bits per heavy atom. The molecule has 2 aliphatic heterocycles. The number of nitrogens with zero attached hydrogens (tertiary/aromatic N) is 2. The summed E-state index contributed by atoms with van der Waals surface area (Å²) in [6.07, 6.45) is 3.60. The van der Waals surface area contributed by atoms with Crippen LogP contribution in [0.25, 0.3) is 0 Å². The number of hydrogen-bond donors (Lipinski definition) is 4. The summed E-state index contributed by atoms with van der Waals surface area (Å²) in [5, 5.41) is 11.6. The molecule has 2 bridgehead atoms. The van der Waals surface area contributed by atoms with Crippen LogP contribution in [-0.4, -0.2) is 84.0 Å². The monoisotopic (exact) mass is 610 g/mol. The first kappa shape index (κ1) is 33.1. The Morgan fingerprint density at radius 1 is 1.05 bits per heavy atom. The molecule has 240 valence electrons. The number of nitrogens with one attached hydrogen (secondary N) is 4. The smallest absolute Gasteiger partial charge is 0.273 e. The normalized spacial score (nSPS) is 26.0. The van der Waals surface area contributed by atoms with E-state index in [9.17, 15) is 19.2 Å². The van der Waals surface area contributed by atoms with Gasteiger partial charge < -0.3 is 30.4 Å². The third-order valence-electron chi connectivity index (χ3n) is 7.91. The molecule has 2 aliphatic rings. The van der Waals surface area contributed by atoms with Gasteiger partial charge in [0.25, 0.3) is 5.91 Å². The molecule has 1 aromatic heterocycles. The molecule has 1 fully saturated rings. The highest BCUT2D eigenvalue weighted by Crippen LogP contribution is 2.20. The Kier molecular flexibility index (Phi) is 11.9. The predicted octanol–water partition coefficient (Wildman–Crippen LogP) is 2.11. The first-order chi connectivity index (χ1) is 21.1. The molecule has 12 heteroatoms. The van der Waals surface area contributed by atoms with Crippen molar-refractivity contribution in [3.05, 3.63) is 53.7 Å². The van der Waals surface area contributed by atoms with Crippen LogP contribution in [0.5, 0.6) is 0 Å². The standard InChI is InChI=1S/C32H46N6O6/c1-20(2)28-31(42)35-25(16-23-10-6-5-7-11-23)32-36-26(19-43-32)29(40)33-14-9-8-12-24(30(41)37-28)34-27(39)13-15-38-17-21(3)44-22(4)18-38/h5-7,10-11,19-22,24-25,28H,8-9,12-18H2,1-4H3,(H,33,40)(H,34,39)(H,35,42)(H,37,41)/t21-,22+,24-,25+,28-/m0/s1. The van der Waals surface area contributed by atoms with E-state index in [0.717, 1.165) is 18.7 Å². The van der Waals surface area contributed by atoms with Crippen molar-refractivity contribution in [2.75, 3.05) is 26.2 Å². The van der Waals surface area contributed by atoms with Crippen molar-refractivity contribution in [1.82, 2.24) is 31.2 Å². The van der Waals surface area contributed by atoms with Crippen LogP contribution >= 0.6 is 0 Å². The quantitative estimate of drug-likeness (QED) is 0.372. The zero-order valence-corrected chi connectivity index (χ0v) is 26.1. The highest BCUT2D eigenvalue weighted by molar-refractivity contribution is 5.93. The van der Waals surface area contributed by atoms with E-state index in [4.69, 9.17) is 9.15 Å². The van der Waals surface area contributed by atoms with Crippen LogP contribution in [0.3, 0.4) is 0 Å². The minimum absolute atomic E-state index is 0.0951. The average molecular weight is 611 g/mol. The lowest BCUT2D eigenvalue weighted by atomic mass is 10.00. The fourth-order valence-electron chi connectivity index (χ4n) is 5.68. The second kappa shape index (κ2) is 15.8. The average Bonchev–Trinajstić information content (AvgIpc) is 3.47. The van der Waals surface area contributed by atoms with Gasteiger partial charge in [0.15, 0.2) is 5.69 Å². The maximum absolute atomic E-state index is 13.7. The number of ether oxygens (including phenoxy) is 1. The fourth-order valence-corrected chi connectivity index (χ4v) is 5.68. The molecule has 1 saturated heterocycles. The third kappa shape index (κ3) is 9.62. The molecular formula is C32H46N6O6. The van der Waals surface area contributed by atoms with Gasteiger partial charge in [0.1, 0.15) is 24.4 Å². The van der Waals surface area contributed by atoms with Crippen molar-refractivity contribution < 1.29 is 28.3 Å². The molecule has 0 unspecified atom stereocenters. The number of carbonyl (C=O) groups excluding carboxylic acids is 4. The lowest BCUT2D eigenvalue weighted by molar-refractivity contribution is -0.133. The molecule has 12 nitrogen and oxygen atoms in total. The van der Waals surface area contributed by atoms with Gasteiger partial charge in [-0.15, -0.1) is 0 Å². The summed E-state index contributed by atoms with van der Waals surface area (Å²) in [6, 6.07) is 7.17. The number of carbonyl (C=O) groups is 4. The lowest BCUT2D eigenvalue weighted by Gasteiger charge is -2.35. The van der Waals surface area contributed by atoms with Crippen LogP contribution in [0.1, 0.15) is 81.4 Å². The molecule has 44 heavy (non-hydrogen) atoms. The zero-order chi connectivity index (χ0) is 31.6. The van der Waals surface area contributed by atoms with Crippen molar-refractivity contribution in [1.29, 1.82) is 0 Å². The second-order valence-electron chi connectivity index (χ2n) is 12.2. The van der Waals surface area contributed by atoms with Crippen molar-refractivity contribution in [2.24, 2.45) is 5.92 Å². The molecular weight excluding hydrogens is 564 g/mol. The first-order valence-corrected chi connectivity index (χ1v) is 15.6. The van der Waals surface area contributed by atoms with Crippen LogP contribution in [0, 0.1) is 5.92 Å². The Morgan fingerprint density at radius 2 is 1.77 bits per heavy atom. The highest BCUT2D eigenvalue weighted by Gasteiger charge is 2.32. The minimum Gasteiger partial charge on any atom is -0.446 e. The van der Waals surface area contributed by atoms with Crippen molar-refractivity contribution >= 4 is 23.6 Å². The first-order valence-electron chi connectivity index (χ1n) is 15.6. The van der Waals surface area contributed by atoms with E-state index in [-0.39, 0.29) is 47.9 Å². The summed E-state index contributed by atoms with van der Waals surface area (Å²) >= 11 is 0. The Balaban J connectivity index is 1.49. The molecule has 0 aliphatic carbocycles. The van der Waals surface area contributed by atoms with E-state index in [0.29, 0.717) is 38.8 Å². The molecule has 1 aromatic carbocycles. The number of fused-ring (bicyclic) bond motifs is 2. The topological polar surface area (TPSA) is 155 Å². The van der Waals surface area contributed by atoms with Crippen molar-refractivity contribution in [2.45, 2.75) is 90.1 Å². The summed E-state index contributed by atoms with van der Waals surface area (Å²) in [5.74, 6) is -1.50. The van der Waals surface area contributed by atoms with Gasteiger partial charge in [-0.3, -0.25) is 24.1 Å². The minimum atomic E-state index is -0.873. The summed E-state index contributed by atoms with van der Waals surface area (Å²) in [7, 11) is 0. The lowest BCUT2D eigenvalue weighted by Crippen LogP contribution is -2.56. The largest absolute Gasteiger partial charge is 0.446 e. The van der Waals surface area contributed by atoms with Crippen LogP contribution in [0.2, 0.25) is 0 Å². The number of morpholine rings is 1. The van der Waals surface area contributed by atoms with Gasteiger partial charge in [-0.25, -0.2) is 4.98 Å². The van der Waals surface area contributed by atoms with Crippen LogP contribution in [-0.2, 0) is 25.5 Å². The van der Waals surface area contributed by atoms with Gasteiger partial charge in [-0.2, -0.15) is 0 Å². The number of hydrogen-bond acceptors (Lipinski definition) is 8. The maximum Gasteiger partial charge on any atom is 0.273 e. The van der Waals surface area contributed by atoms with Gasteiger partial charge >= 0.3 is 0 Å². The number of aromatic nitrogens is 1. The van der Waals surface area contributed by atoms with Crippen LogP contribution in [0.4, 0.5) is 0 Å². The van der Waals surface area contributed by atoms with Gasteiger partial charge in [-0.1, -0.05) is 44.2 Å². The summed E-state index contributed by atoms with van der Waals surface area (Å²) in [6.45, 7) is 10.2. The van der Waals surface area contributed by atoms with Crippen molar-refractivity contribution in [3.8, 4) is 0 Å². The Labute approximate surface area is 259 Å². The van der Waals surface area contributed by atoms with E-state index in [1.54, 1.807) is 0 Å². The zero-order valence-electron chi connectivity index (χ0n) is 26.1. The third-order valence-corrected chi connectivity index (χ3v) is 7.91. The van der Waals surface area contributed by atoms with Gasteiger partial charge in [-0.05, 0) is 44.6 Å². The van der Waals surface area contributed by atoms with Crippen molar-refractivity contribution in [3.63, 3.8) is 0 Å². The van der Waals surface area contributed by atoms with Crippen LogP contribution < -0.4 is 21.3 Å². The molecule has 4 N–H and O–H groups in total. The van der Waals surface area contributed by atoms with E-state index in [2.05, 4.69) is 31.2 Å². The highest BCUT2D eigenvalue weighted by atomic mass is 16.5. The molecule has 4 rings (SSSR count). The Hall–Kier alpha value is -3.77. The molecule has 0 saturated carbocycles. The van der Waals surface area contributed by atoms with E-state index in [1.807, 2.05) is 58.0 Å². The SMILES string of the molecule is CC(C)[C@@H]1NC(=O)[C@@H](NC(=O)CCN2C[C@@H](C)O[C@@H](C)C2)CCCCNC(=O)c2coc(n2)[C@@H](Cc2ccccc2)NC1=O.